The highest BCUT2D eigenvalue weighted by Crippen LogP contribution is 2.19. The predicted molar refractivity (Wildman–Crippen MR) is 101 cm³/mol. The quantitative estimate of drug-likeness (QED) is 0.649. The standard InChI is InChI=1S/C20H23N3O3/c1-15-10-12-22(13-11-15)14-16-2-6-18(7-3-16)21-20(24)17-4-8-19(9-5-17)23(25)26/h2-9,15H,10-14H2,1H3,(H,21,24). The fourth-order valence-electron chi connectivity index (χ4n) is 3.11. The zero-order valence-corrected chi connectivity index (χ0v) is 14.9. The highest BCUT2D eigenvalue weighted by molar-refractivity contribution is 6.04. The van der Waals surface area contributed by atoms with Crippen molar-refractivity contribution in [2.24, 2.45) is 5.92 Å². The molecule has 6 heteroatoms. The average Bonchev–Trinajstić information content (AvgIpc) is 2.65. The molecule has 1 saturated heterocycles. The molecule has 0 radical (unpaired) electrons. The summed E-state index contributed by atoms with van der Waals surface area (Å²) in [6.07, 6.45) is 2.51. The van der Waals surface area contributed by atoms with Crippen molar-refractivity contribution < 1.29 is 9.72 Å². The summed E-state index contributed by atoms with van der Waals surface area (Å²) in [5.74, 6) is 0.543. The maximum atomic E-state index is 12.2. The fraction of sp³-hybridized carbons (Fsp3) is 0.350. The summed E-state index contributed by atoms with van der Waals surface area (Å²) in [6.45, 7) is 5.52. The number of nitrogens with one attached hydrogen (secondary N) is 1. The molecule has 0 aromatic heterocycles. The Labute approximate surface area is 153 Å². The second-order valence-corrected chi connectivity index (χ2v) is 6.91. The Morgan fingerprint density at radius 2 is 1.73 bits per heavy atom. The van der Waals surface area contributed by atoms with Crippen LogP contribution in [0.2, 0.25) is 0 Å². The Balaban J connectivity index is 1.56. The molecule has 0 spiro atoms. The summed E-state index contributed by atoms with van der Waals surface area (Å²) in [7, 11) is 0. The van der Waals surface area contributed by atoms with Crippen LogP contribution in [0.15, 0.2) is 48.5 Å². The van der Waals surface area contributed by atoms with E-state index in [9.17, 15) is 14.9 Å². The van der Waals surface area contributed by atoms with Crippen molar-refractivity contribution in [3.05, 3.63) is 69.8 Å². The highest BCUT2D eigenvalue weighted by atomic mass is 16.6. The minimum Gasteiger partial charge on any atom is -0.322 e. The first-order valence-electron chi connectivity index (χ1n) is 8.88. The van der Waals surface area contributed by atoms with Crippen LogP contribution in [0.3, 0.4) is 0 Å². The summed E-state index contributed by atoms with van der Waals surface area (Å²) in [5.41, 5.74) is 2.30. The van der Waals surface area contributed by atoms with E-state index >= 15 is 0 Å². The number of benzene rings is 2. The molecule has 1 aliphatic heterocycles. The van der Waals surface area contributed by atoms with Gasteiger partial charge in [0.1, 0.15) is 0 Å². The fourth-order valence-corrected chi connectivity index (χ4v) is 3.11. The van der Waals surface area contributed by atoms with E-state index in [1.807, 2.05) is 24.3 Å². The third-order valence-electron chi connectivity index (χ3n) is 4.83. The number of carbonyl (C=O) groups is 1. The van der Waals surface area contributed by atoms with E-state index in [4.69, 9.17) is 0 Å². The van der Waals surface area contributed by atoms with Crippen LogP contribution >= 0.6 is 0 Å². The van der Waals surface area contributed by atoms with E-state index in [0.29, 0.717) is 11.3 Å². The Bertz CT molecular complexity index is 764. The molecular formula is C20H23N3O3. The number of rotatable bonds is 5. The molecule has 0 unspecified atom stereocenters. The van der Waals surface area contributed by atoms with Crippen molar-refractivity contribution in [3.8, 4) is 0 Å². The number of nitrogens with zero attached hydrogens (tertiary/aromatic N) is 2. The highest BCUT2D eigenvalue weighted by Gasteiger charge is 2.15. The van der Waals surface area contributed by atoms with E-state index in [0.717, 1.165) is 25.6 Å². The monoisotopic (exact) mass is 353 g/mol. The normalized spacial score (nSPS) is 15.6. The third kappa shape index (κ3) is 4.67. The summed E-state index contributed by atoms with van der Waals surface area (Å²) in [5, 5.41) is 13.5. The Kier molecular flexibility index (Phi) is 5.63. The first-order valence-corrected chi connectivity index (χ1v) is 8.88. The molecule has 0 atom stereocenters. The van der Waals surface area contributed by atoms with Crippen LogP contribution in [0.25, 0.3) is 0 Å². The lowest BCUT2D eigenvalue weighted by atomic mass is 9.99. The van der Waals surface area contributed by atoms with Gasteiger partial charge in [0.05, 0.1) is 4.92 Å². The average molecular weight is 353 g/mol. The molecule has 1 heterocycles. The predicted octanol–water partition coefficient (Wildman–Crippen LogP) is 4.08. The number of likely N-dealkylation sites (tertiary alicyclic amines) is 1. The number of anilines is 1. The van der Waals surface area contributed by atoms with Crippen molar-refractivity contribution in [1.29, 1.82) is 0 Å². The number of carbonyl (C=O) groups excluding carboxylic acids is 1. The topological polar surface area (TPSA) is 75.5 Å². The Morgan fingerprint density at radius 1 is 1.12 bits per heavy atom. The van der Waals surface area contributed by atoms with Crippen LogP contribution in [0.4, 0.5) is 11.4 Å². The second kappa shape index (κ2) is 8.10. The van der Waals surface area contributed by atoms with Gasteiger partial charge in [0.25, 0.3) is 11.6 Å². The zero-order valence-electron chi connectivity index (χ0n) is 14.9. The van der Waals surface area contributed by atoms with Gasteiger partial charge in [-0.3, -0.25) is 19.8 Å². The van der Waals surface area contributed by atoms with E-state index in [-0.39, 0.29) is 11.6 Å². The molecule has 0 saturated carbocycles. The molecular weight excluding hydrogens is 330 g/mol. The number of nitro groups is 1. The number of non-ortho nitro benzene ring substituents is 1. The summed E-state index contributed by atoms with van der Waals surface area (Å²) in [4.78, 5) is 24.9. The molecule has 1 amide bonds. The van der Waals surface area contributed by atoms with Crippen molar-refractivity contribution in [2.45, 2.75) is 26.3 Å². The number of nitro benzene ring substituents is 1. The number of amides is 1. The van der Waals surface area contributed by atoms with E-state index in [1.54, 1.807) is 0 Å². The SMILES string of the molecule is CC1CCN(Cc2ccc(NC(=O)c3ccc([N+](=O)[O-])cc3)cc2)CC1. The maximum Gasteiger partial charge on any atom is 0.269 e. The Hall–Kier alpha value is -2.73. The third-order valence-corrected chi connectivity index (χ3v) is 4.83. The smallest absolute Gasteiger partial charge is 0.269 e. The van der Waals surface area contributed by atoms with Gasteiger partial charge in [-0.1, -0.05) is 19.1 Å². The molecule has 1 fully saturated rings. The Morgan fingerprint density at radius 3 is 2.31 bits per heavy atom. The van der Waals surface area contributed by atoms with Gasteiger partial charge in [0.2, 0.25) is 0 Å². The van der Waals surface area contributed by atoms with Crippen LogP contribution in [0.5, 0.6) is 0 Å². The molecule has 0 bridgehead atoms. The van der Waals surface area contributed by atoms with E-state index in [2.05, 4.69) is 17.1 Å². The van der Waals surface area contributed by atoms with Gasteiger partial charge in [0, 0.05) is 29.9 Å². The molecule has 6 nitrogen and oxygen atoms in total. The van der Waals surface area contributed by atoms with Crippen LogP contribution in [-0.2, 0) is 6.54 Å². The largest absolute Gasteiger partial charge is 0.322 e. The lowest BCUT2D eigenvalue weighted by molar-refractivity contribution is -0.384. The molecule has 136 valence electrons. The van der Waals surface area contributed by atoms with E-state index < -0.39 is 4.92 Å². The van der Waals surface area contributed by atoms with Crippen LogP contribution in [0, 0.1) is 16.0 Å². The van der Waals surface area contributed by atoms with E-state index in [1.165, 1.54) is 42.7 Å². The van der Waals surface area contributed by atoms with Gasteiger partial charge < -0.3 is 5.32 Å². The maximum absolute atomic E-state index is 12.2. The van der Waals surface area contributed by atoms with Crippen molar-refractivity contribution in [3.63, 3.8) is 0 Å². The second-order valence-electron chi connectivity index (χ2n) is 6.91. The zero-order chi connectivity index (χ0) is 18.5. The van der Waals surface area contributed by atoms with Crippen LogP contribution in [0.1, 0.15) is 35.7 Å². The number of hydrogen-bond donors (Lipinski definition) is 1. The molecule has 0 aliphatic carbocycles. The first kappa shape index (κ1) is 18.1. The van der Waals surface area contributed by atoms with Gasteiger partial charge in [-0.15, -0.1) is 0 Å². The van der Waals surface area contributed by atoms with Crippen molar-refractivity contribution >= 4 is 17.3 Å². The first-order chi connectivity index (χ1) is 12.5. The van der Waals surface area contributed by atoms with Crippen molar-refractivity contribution in [1.82, 2.24) is 4.90 Å². The van der Waals surface area contributed by atoms with Gasteiger partial charge in [-0.05, 0) is 61.7 Å². The van der Waals surface area contributed by atoms with Crippen molar-refractivity contribution in [2.75, 3.05) is 18.4 Å². The molecule has 1 aliphatic rings. The molecule has 26 heavy (non-hydrogen) atoms. The molecule has 2 aromatic carbocycles. The molecule has 2 aromatic rings. The molecule has 3 rings (SSSR count). The lowest BCUT2D eigenvalue weighted by Crippen LogP contribution is -2.32. The summed E-state index contributed by atoms with van der Waals surface area (Å²) >= 11 is 0. The van der Waals surface area contributed by atoms with Gasteiger partial charge in [-0.25, -0.2) is 0 Å². The summed E-state index contributed by atoms with van der Waals surface area (Å²) < 4.78 is 0. The van der Waals surface area contributed by atoms with Gasteiger partial charge in [-0.2, -0.15) is 0 Å². The van der Waals surface area contributed by atoms with Crippen LogP contribution in [-0.4, -0.2) is 28.8 Å². The minimum absolute atomic E-state index is 0.0296. The minimum atomic E-state index is -0.483. The summed E-state index contributed by atoms with van der Waals surface area (Å²) in [6, 6.07) is 13.4. The number of hydrogen-bond acceptors (Lipinski definition) is 4. The van der Waals surface area contributed by atoms with Crippen LogP contribution < -0.4 is 5.32 Å². The number of piperidine rings is 1. The lowest BCUT2D eigenvalue weighted by Gasteiger charge is -2.30. The van der Waals surface area contributed by atoms with Gasteiger partial charge >= 0.3 is 0 Å². The molecule has 1 N–H and O–H groups in total. The van der Waals surface area contributed by atoms with Gasteiger partial charge in [0.15, 0.2) is 0 Å².